The Hall–Kier alpha value is -2.73. The van der Waals surface area contributed by atoms with Crippen LogP contribution in [0.25, 0.3) is 0 Å². The fourth-order valence-corrected chi connectivity index (χ4v) is 2.33. The molecule has 0 aliphatic carbocycles. The molecule has 24 heavy (non-hydrogen) atoms. The Labute approximate surface area is 139 Å². The number of rotatable bonds is 7. The van der Waals surface area contributed by atoms with Crippen molar-refractivity contribution in [3.8, 4) is 0 Å². The van der Waals surface area contributed by atoms with Crippen LogP contribution < -0.4 is 5.32 Å². The summed E-state index contributed by atoms with van der Waals surface area (Å²) in [4.78, 5) is 23.8. The van der Waals surface area contributed by atoms with E-state index in [9.17, 15) is 19.1 Å². The first-order chi connectivity index (χ1) is 11.5. The van der Waals surface area contributed by atoms with Gasteiger partial charge in [0, 0.05) is 13.5 Å². The van der Waals surface area contributed by atoms with Crippen LogP contribution in [-0.4, -0.2) is 30.1 Å². The van der Waals surface area contributed by atoms with Gasteiger partial charge in [-0.05, 0) is 23.3 Å². The summed E-state index contributed by atoms with van der Waals surface area (Å²) in [6.45, 7) is 0. The van der Waals surface area contributed by atoms with E-state index in [2.05, 4.69) is 5.32 Å². The van der Waals surface area contributed by atoms with E-state index >= 15 is 0 Å². The van der Waals surface area contributed by atoms with E-state index in [0.717, 1.165) is 0 Å². The Balaban J connectivity index is 2.10. The average molecular weight is 331 g/mol. The monoisotopic (exact) mass is 331 g/mol. The molecule has 2 atom stereocenters. The number of carbonyl (C=O) groups excluding carboxylic acids is 1. The molecule has 0 bridgehead atoms. The van der Waals surface area contributed by atoms with Gasteiger partial charge in [-0.2, -0.15) is 0 Å². The van der Waals surface area contributed by atoms with Crippen molar-refractivity contribution in [2.24, 2.45) is 0 Å². The zero-order chi connectivity index (χ0) is 17.5. The van der Waals surface area contributed by atoms with Crippen molar-refractivity contribution in [2.75, 3.05) is 7.11 Å². The normalized spacial score (nSPS) is 13.1. The van der Waals surface area contributed by atoms with Crippen LogP contribution in [0.1, 0.15) is 17.2 Å². The summed E-state index contributed by atoms with van der Waals surface area (Å²) >= 11 is 0. The fourth-order valence-electron chi connectivity index (χ4n) is 2.33. The molecule has 6 heteroatoms. The van der Waals surface area contributed by atoms with Crippen LogP contribution in [0.2, 0.25) is 0 Å². The third-order valence-electron chi connectivity index (χ3n) is 3.54. The smallest absolute Gasteiger partial charge is 0.326 e. The van der Waals surface area contributed by atoms with Crippen LogP contribution in [-0.2, 0) is 20.7 Å². The van der Waals surface area contributed by atoms with Crippen LogP contribution in [0.4, 0.5) is 4.39 Å². The van der Waals surface area contributed by atoms with Gasteiger partial charge in [0.1, 0.15) is 11.9 Å². The minimum absolute atomic E-state index is 0.0482. The molecular weight excluding hydrogens is 313 g/mol. The first-order valence-electron chi connectivity index (χ1n) is 7.36. The van der Waals surface area contributed by atoms with E-state index in [1.165, 1.54) is 31.4 Å². The van der Waals surface area contributed by atoms with Gasteiger partial charge < -0.3 is 15.2 Å². The average Bonchev–Trinajstić information content (AvgIpc) is 2.57. The Morgan fingerprint density at radius 3 is 2.29 bits per heavy atom. The van der Waals surface area contributed by atoms with E-state index < -0.39 is 29.8 Å². The molecule has 5 nitrogen and oxygen atoms in total. The molecule has 0 radical (unpaired) electrons. The van der Waals surface area contributed by atoms with Gasteiger partial charge in [0.2, 0.25) is 0 Å². The summed E-state index contributed by atoms with van der Waals surface area (Å²) in [5, 5.41) is 11.8. The Morgan fingerprint density at radius 1 is 1.12 bits per heavy atom. The molecule has 0 fully saturated rings. The summed E-state index contributed by atoms with van der Waals surface area (Å²) in [6, 6.07) is 13.1. The van der Waals surface area contributed by atoms with E-state index in [0.29, 0.717) is 11.1 Å². The number of hydrogen-bond acceptors (Lipinski definition) is 3. The lowest BCUT2D eigenvalue weighted by molar-refractivity contribution is -0.144. The number of benzene rings is 2. The largest absolute Gasteiger partial charge is 0.480 e. The molecule has 0 heterocycles. The molecule has 2 aromatic carbocycles. The molecule has 2 N–H and O–H groups in total. The van der Waals surface area contributed by atoms with Crippen molar-refractivity contribution in [3.63, 3.8) is 0 Å². The van der Waals surface area contributed by atoms with Crippen LogP contribution in [0, 0.1) is 5.82 Å². The fraction of sp³-hybridized carbons (Fsp3) is 0.222. The number of methoxy groups -OCH3 is 1. The topological polar surface area (TPSA) is 75.6 Å². The lowest BCUT2D eigenvalue weighted by Crippen LogP contribution is -2.44. The van der Waals surface area contributed by atoms with E-state index in [1.54, 1.807) is 24.3 Å². The minimum Gasteiger partial charge on any atom is -0.480 e. The zero-order valence-electron chi connectivity index (χ0n) is 13.1. The van der Waals surface area contributed by atoms with Gasteiger partial charge >= 0.3 is 5.97 Å². The van der Waals surface area contributed by atoms with Crippen LogP contribution >= 0.6 is 0 Å². The van der Waals surface area contributed by atoms with Crippen molar-refractivity contribution < 1.29 is 23.8 Å². The summed E-state index contributed by atoms with van der Waals surface area (Å²) < 4.78 is 18.1. The molecule has 1 amide bonds. The van der Waals surface area contributed by atoms with Gasteiger partial charge in [0.05, 0.1) is 0 Å². The second-order valence-corrected chi connectivity index (χ2v) is 5.26. The molecule has 0 aliphatic rings. The number of nitrogens with one attached hydrogen (secondary N) is 1. The number of ether oxygens (including phenoxy) is 1. The summed E-state index contributed by atoms with van der Waals surface area (Å²) in [7, 11) is 1.38. The Bertz CT molecular complexity index is 688. The van der Waals surface area contributed by atoms with Gasteiger partial charge in [-0.3, -0.25) is 4.79 Å². The highest BCUT2D eigenvalue weighted by atomic mass is 19.1. The lowest BCUT2D eigenvalue weighted by Gasteiger charge is -2.20. The van der Waals surface area contributed by atoms with Crippen molar-refractivity contribution in [3.05, 3.63) is 71.5 Å². The van der Waals surface area contributed by atoms with Gasteiger partial charge in [0.15, 0.2) is 6.10 Å². The lowest BCUT2D eigenvalue weighted by atomic mass is 10.0. The molecule has 0 aromatic heterocycles. The predicted octanol–water partition coefficient (Wildman–Crippen LogP) is 2.33. The summed E-state index contributed by atoms with van der Waals surface area (Å²) in [6.07, 6.45) is -0.853. The van der Waals surface area contributed by atoms with Gasteiger partial charge in [0.25, 0.3) is 5.91 Å². The highest BCUT2D eigenvalue weighted by molar-refractivity contribution is 5.87. The molecule has 0 aliphatic heterocycles. The number of amides is 1. The van der Waals surface area contributed by atoms with Gasteiger partial charge in [-0.25, -0.2) is 9.18 Å². The SMILES string of the molecule is CO[C@H](C(=O)N[C@@H](Cc1ccc(F)cc1)C(=O)O)c1ccccc1. The maximum Gasteiger partial charge on any atom is 0.326 e. The maximum absolute atomic E-state index is 12.9. The summed E-state index contributed by atoms with van der Waals surface area (Å²) in [5.74, 6) is -2.12. The van der Waals surface area contributed by atoms with Crippen molar-refractivity contribution in [1.29, 1.82) is 0 Å². The number of carboxylic acid groups (broad SMARTS) is 1. The second-order valence-electron chi connectivity index (χ2n) is 5.26. The third-order valence-corrected chi connectivity index (χ3v) is 3.54. The van der Waals surface area contributed by atoms with Crippen LogP contribution in [0.15, 0.2) is 54.6 Å². The Morgan fingerprint density at radius 2 is 1.75 bits per heavy atom. The molecule has 0 spiro atoms. The van der Waals surface area contributed by atoms with E-state index in [1.807, 2.05) is 6.07 Å². The summed E-state index contributed by atoms with van der Waals surface area (Å²) in [5.41, 5.74) is 1.24. The molecule has 126 valence electrons. The first-order valence-corrected chi connectivity index (χ1v) is 7.36. The highest BCUT2D eigenvalue weighted by Gasteiger charge is 2.26. The molecule has 0 saturated carbocycles. The molecular formula is C18H18FNO4. The standard InChI is InChI=1S/C18H18FNO4/c1-24-16(13-5-3-2-4-6-13)17(21)20-15(18(22)23)11-12-7-9-14(19)10-8-12/h2-10,15-16H,11H2,1H3,(H,20,21)(H,22,23)/t15-,16-/m0/s1. The number of hydrogen-bond donors (Lipinski definition) is 2. The Kier molecular flexibility index (Phi) is 6.03. The maximum atomic E-state index is 12.9. The molecule has 0 unspecified atom stereocenters. The van der Waals surface area contributed by atoms with Crippen LogP contribution in [0.3, 0.4) is 0 Å². The van der Waals surface area contributed by atoms with Crippen molar-refractivity contribution in [2.45, 2.75) is 18.6 Å². The molecule has 2 rings (SSSR count). The third kappa shape index (κ3) is 4.63. The molecule has 2 aromatic rings. The van der Waals surface area contributed by atoms with Gasteiger partial charge in [-0.15, -0.1) is 0 Å². The number of aliphatic carboxylic acids is 1. The second kappa shape index (κ2) is 8.21. The number of carbonyl (C=O) groups is 2. The minimum atomic E-state index is -1.17. The van der Waals surface area contributed by atoms with E-state index in [-0.39, 0.29) is 6.42 Å². The number of carboxylic acids is 1. The highest BCUT2D eigenvalue weighted by Crippen LogP contribution is 2.17. The molecule has 0 saturated heterocycles. The van der Waals surface area contributed by atoms with Crippen molar-refractivity contribution >= 4 is 11.9 Å². The quantitative estimate of drug-likeness (QED) is 0.816. The number of halogens is 1. The first kappa shape index (κ1) is 17.6. The van der Waals surface area contributed by atoms with E-state index in [4.69, 9.17) is 4.74 Å². The van der Waals surface area contributed by atoms with Crippen molar-refractivity contribution in [1.82, 2.24) is 5.32 Å². The zero-order valence-corrected chi connectivity index (χ0v) is 13.1. The predicted molar refractivity (Wildman–Crippen MR) is 85.9 cm³/mol. The van der Waals surface area contributed by atoms with Gasteiger partial charge in [-0.1, -0.05) is 42.5 Å². The van der Waals surface area contributed by atoms with Crippen LogP contribution in [0.5, 0.6) is 0 Å².